The predicted octanol–water partition coefficient (Wildman–Crippen LogP) is 1.16. The molecule has 3 rings (SSSR count). The third kappa shape index (κ3) is 2.93. The molecule has 0 radical (unpaired) electrons. The summed E-state index contributed by atoms with van der Waals surface area (Å²) in [5.41, 5.74) is 0.328. The fraction of sp³-hybridized carbons (Fsp3) is 0.235. The first-order valence-corrected chi connectivity index (χ1v) is 7.72. The summed E-state index contributed by atoms with van der Waals surface area (Å²) < 4.78 is 5.14. The Labute approximate surface area is 142 Å². The average Bonchev–Trinajstić information content (AvgIpc) is 2.54. The largest absolute Gasteiger partial charge is 0.508 e. The Balaban J connectivity index is 2.27. The highest BCUT2D eigenvalue weighted by Gasteiger charge is 2.35. The summed E-state index contributed by atoms with van der Waals surface area (Å²) in [5, 5.41) is 12.4. The number of esters is 1. The Morgan fingerprint density at radius 3 is 2.52 bits per heavy atom. The minimum absolute atomic E-state index is 0.0617. The van der Waals surface area contributed by atoms with Gasteiger partial charge in [0.25, 0.3) is 5.56 Å². The standard InChI is InChI=1S/C17H17N3O5/c1-3-25-16(23)11-8(2)18-14-13(15(22)20-17(24)19-14)12(11)9-4-6-10(21)7-5-9/h4-7,12,21H,3H2,1-2H3,(H3,18,19,20,22,24). The molecule has 1 aromatic carbocycles. The van der Waals surface area contributed by atoms with E-state index < -0.39 is 23.1 Å². The highest BCUT2D eigenvalue weighted by Crippen LogP contribution is 2.39. The highest BCUT2D eigenvalue weighted by atomic mass is 16.5. The number of anilines is 1. The Morgan fingerprint density at radius 1 is 1.20 bits per heavy atom. The molecule has 2 heterocycles. The minimum Gasteiger partial charge on any atom is -0.508 e. The maximum atomic E-state index is 12.5. The van der Waals surface area contributed by atoms with E-state index in [2.05, 4.69) is 15.3 Å². The van der Waals surface area contributed by atoms with Crippen LogP contribution in [0.3, 0.4) is 0 Å². The van der Waals surface area contributed by atoms with Gasteiger partial charge in [0, 0.05) is 5.70 Å². The molecule has 1 aliphatic rings. The lowest BCUT2D eigenvalue weighted by molar-refractivity contribution is -0.138. The SMILES string of the molecule is CCOC(=O)C1=C(C)Nc2[nH]c(=O)[nH]c(=O)c2C1c1ccc(O)cc1. The van der Waals surface area contributed by atoms with Crippen LogP contribution in [0.1, 0.15) is 30.9 Å². The van der Waals surface area contributed by atoms with Crippen molar-refractivity contribution in [3.05, 3.63) is 67.5 Å². The van der Waals surface area contributed by atoms with E-state index in [1.54, 1.807) is 26.0 Å². The third-order valence-electron chi connectivity index (χ3n) is 4.00. The number of H-pyrrole nitrogens is 2. The summed E-state index contributed by atoms with van der Waals surface area (Å²) in [6.45, 7) is 3.55. The van der Waals surface area contributed by atoms with Crippen LogP contribution in [0, 0.1) is 0 Å². The molecular weight excluding hydrogens is 326 g/mol. The number of rotatable bonds is 3. The summed E-state index contributed by atoms with van der Waals surface area (Å²) in [6.07, 6.45) is 0. The lowest BCUT2D eigenvalue weighted by atomic mass is 9.82. The van der Waals surface area contributed by atoms with Crippen LogP contribution in [-0.4, -0.2) is 27.7 Å². The number of allylic oxidation sites excluding steroid dienone is 1. The first-order chi connectivity index (χ1) is 11.9. The Bertz CT molecular complexity index is 969. The van der Waals surface area contributed by atoms with Crippen LogP contribution in [-0.2, 0) is 9.53 Å². The summed E-state index contributed by atoms with van der Waals surface area (Å²) in [5.74, 6) is -0.998. The van der Waals surface area contributed by atoms with Crippen LogP contribution in [0.4, 0.5) is 5.82 Å². The van der Waals surface area contributed by atoms with Crippen molar-refractivity contribution >= 4 is 11.8 Å². The molecule has 0 saturated carbocycles. The smallest absolute Gasteiger partial charge is 0.336 e. The quantitative estimate of drug-likeness (QED) is 0.620. The molecule has 1 unspecified atom stereocenters. The van der Waals surface area contributed by atoms with Crippen LogP contribution in [0.5, 0.6) is 5.75 Å². The topological polar surface area (TPSA) is 124 Å². The van der Waals surface area contributed by atoms with Crippen molar-refractivity contribution in [1.29, 1.82) is 0 Å². The lowest BCUT2D eigenvalue weighted by Crippen LogP contribution is -2.34. The summed E-state index contributed by atoms with van der Waals surface area (Å²) in [6, 6.07) is 6.17. The molecule has 0 amide bonds. The van der Waals surface area contributed by atoms with Crippen molar-refractivity contribution in [2.75, 3.05) is 11.9 Å². The Hall–Kier alpha value is -3.29. The number of fused-ring (bicyclic) bond motifs is 1. The molecule has 1 aliphatic heterocycles. The van der Waals surface area contributed by atoms with E-state index >= 15 is 0 Å². The second-order valence-electron chi connectivity index (χ2n) is 5.61. The van der Waals surface area contributed by atoms with E-state index in [1.165, 1.54) is 12.1 Å². The zero-order valence-corrected chi connectivity index (χ0v) is 13.7. The molecule has 8 heteroatoms. The van der Waals surface area contributed by atoms with Crippen LogP contribution >= 0.6 is 0 Å². The minimum atomic E-state index is -0.739. The summed E-state index contributed by atoms with van der Waals surface area (Å²) in [7, 11) is 0. The van der Waals surface area contributed by atoms with E-state index in [1.807, 2.05) is 0 Å². The number of aromatic nitrogens is 2. The van der Waals surface area contributed by atoms with Crippen LogP contribution in [0.25, 0.3) is 0 Å². The molecule has 0 bridgehead atoms. The lowest BCUT2D eigenvalue weighted by Gasteiger charge is -2.28. The molecule has 1 aromatic heterocycles. The van der Waals surface area contributed by atoms with Gasteiger partial charge in [-0.05, 0) is 31.5 Å². The predicted molar refractivity (Wildman–Crippen MR) is 90.6 cm³/mol. The fourth-order valence-electron chi connectivity index (χ4n) is 2.97. The highest BCUT2D eigenvalue weighted by molar-refractivity contribution is 5.94. The number of nitrogens with one attached hydrogen (secondary N) is 3. The third-order valence-corrected chi connectivity index (χ3v) is 4.00. The molecule has 130 valence electrons. The average molecular weight is 343 g/mol. The number of phenolic OH excluding ortho intramolecular Hbond substituents is 1. The molecule has 8 nitrogen and oxygen atoms in total. The van der Waals surface area contributed by atoms with Gasteiger partial charge in [0.2, 0.25) is 0 Å². The van der Waals surface area contributed by atoms with E-state index in [-0.39, 0.29) is 29.3 Å². The van der Waals surface area contributed by atoms with Crippen molar-refractivity contribution in [3.63, 3.8) is 0 Å². The number of benzene rings is 1. The van der Waals surface area contributed by atoms with Gasteiger partial charge in [0.15, 0.2) is 0 Å². The van der Waals surface area contributed by atoms with E-state index in [0.29, 0.717) is 11.3 Å². The second-order valence-corrected chi connectivity index (χ2v) is 5.61. The van der Waals surface area contributed by atoms with Gasteiger partial charge >= 0.3 is 11.7 Å². The first-order valence-electron chi connectivity index (χ1n) is 7.72. The molecule has 1 atom stereocenters. The van der Waals surface area contributed by atoms with Crippen LogP contribution < -0.4 is 16.6 Å². The monoisotopic (exact) mass is 343 g/mol. The van der Waals surface area contributed by atoms with Gasteiger partial charge in [-0.1, -0.05) is 12.1 Å². The summed E-state index contributed by atoms with van der Waals surface area (Å²) in [4.78, 5) is 41.2. The zero-order valence-electron chi connectivity index (χ0n) is 13.7. The van der Waals surface area contributed by atoms with Crippen molar-refractivity contribution in [2.24, 2.45) is 0 Å². The van der Waals surface area contributed by atoms with Gasteiger partial charge < -0.3 is 15.2 Å². The molecule has 0 saturated heterocycles. The number of carbonyl (C=O) groups is 1. The molecular formula is C17H17N3O5. The number of aromatic amines is 2. The molecule has 0 spiro atoms. The second kappa shape index (κ2) is 6.31. The fourth-order valence-corrected chi connectivity index (χ4v) is 2.97. The number of phenols is 1. The first kappa shape index (κ1) is 16.6. The van der Waals surface area contributed by atoms with Gasteiger partial charge in [-0.3, -0.25) is 14.8 Å². The number of carbonyl (C=O) groups excluding carboxylic acids is 1. The number of hydrogen-bond acceptors (Lipinski definition) is 6. The maximum absolute atomic E-state index is 12.5. The Kier molecular flexibility index (Phi) is 4.18. The molecule has 0 fully saturated rings. The number of aromatic hydroxyl groups is 1. The van der Waals surface area contributed by atoms with E-state index in [4.69, 9.17) is 4.74 Å². The van der Waals surface area contributed by atoms with Crippen LogP contribution in [0.15, 0.2) is 45.1 Å². The van der Waals surface area contributed by atoms with Crippen LogP contribution in [0.2, 0.25) is 0 Å². The van der Waals surface area contributed by atoms with Gasteiger partial charge in [-0.2, -0.15) is 0 Å². The van der Waals surface area contributed by atoms with Gasteiger partial charge in [0.05, 0.1) is 23.7 Å². The number of hydrogen-bond donors (Lipinski definition) is 4. The maximum Gasteiger partial charge on any atom is 0.336 e. The van der Waals surface area contributed by atoms with Gasteiger partial charge in [-0.15, -0.1) is 0 Å². The normalized spacial score (nSPS) is 16.2. The molecule has 0 aliphatic carbocycles. The Morgan fingerprint density at radius 2 is 1.88 bits per heavy atom. The van der Waals surface area contributed by atoms with E-state index in [9.17, 15) is 19.5 Å². The van der Waals surface area contributed by atoms with Crippen molar-refractivity contribution in [2.45, 2.75) is 19.8 Å². The molecule has 2 aromatic rings. The van der Waals surface area contributed by atoms with Crippen molar-refractivity contribution in [1.82, 2.24) is 9.97 Å². The van der Waals surface area contributed by atoms with E-state index in [0.717, 1.165) is 0 Å². The zero-order chi connectivity index (χ0) is 18.1. The van der Waals surface area contributed by atoms with Gasteiger partial charge in [-0.25, -0.2) is 9.59 Å². The molecule has 4 N–H and O–H groups in total. The number of ether oxygens (including phenoxy) is 1. The van der Waals surface area contributed by atoms with Crippen molar-refractivity contribution < 1.29 is 14.6 Å². The summed E-state index contributed by atoms with van der Waals surface area (Å²) >= 11 is 0. The van der Waals surface area contributed by atoms with Gasteiger partial charge in [0.1, 0.15) is 11.6 Å². The van der Waals surface area contributed by atoms with Crippen molar-refractivity contribution in [3.8, 4) is 5.75 Å². The molecule has 25 heavy (non-hydrogen) atoms.